The number of carboxylic acid groups (broad SMARTS) is 1. The molecule has 2 aliphatic rings. The van der Waals surface area contributed by atoms with Gasteiger partial charge in [0.25, 0.3) is 5.91 Å². The van der Waals surface area contributed by atoms with Gasteiger partial charge in [0.1, 0.15) is 11.9 Å². The molecule has 0 spiro atoms. The van der Waals surface area contributed by atoms with Crippen LogP contribution in [0, 0.1) is 17.3 Å². The Morgan fingerprint density at radius 1 is 1.38 bits per heavy atom. The summed E-state index contributed by atoms with van der Waals surface area (Å²) in [5.74, 6) is -2.08. The molecule has 0 aromatic carbocycles. The molecule has 1 aliphatic carbocycles. The van der Waals surface area contributed by atoms with E-state index < -0.39 is 29.3 Å². The number of aliphatic carboxylic acids is 1. The number of carboxylic acids is 1. The van der Waals surface area contributed by atoms with E-state index in [1.54, 1.807) is 42.7 Å². The Morgan fingerprint density at radius 3 is 2.62 bits per heavy atom. The first kappa shape index (κ1) is 16.5. The van der Waals surface area contributed by atoms with Gasteiger partial charge in [-0.05, 0) is 18.3 Å². The van der Waals surface area contributed by atoms with Crippen LogP contribution in [-0.2, 0) is 21.4 Å². The van der Waals surface area contributed by atoms with Crippen LogP contribution >= 0.6 is 0 Å². The van der Waals surface area contributed by atoms with Crippen LogP contribution in [0.3, 0.4) is 0 Å². The highest BCUT2D eigenvalue weighted by atomic mass is 16.4. The third-order valence-corrected chi connectivity index (χ3v) is 5.20. The van der Waals surface area contributed by atoms with Crippen LogP contribution in [-0.4, -0.2) is 45.3 Å². The van der Waals surface area contributed by atoms with E-state index in [2.05, 4.69) is 10.4 Å². The third kappa shape index (κ3) is 2.55. The predicted octanol–water partition coefficient (Wildman–Crippen LogP) is 0.389. The molecule has 2 N–H and O–H groups in total. The van der Waals surface area contributed by atoms with Gasteiger partial charge in [0.2, 0.25) is 5.91 Å². The number of carbonyl (C=O) groups excluding carboxylic acids is 2. The average molecular weight is 334 g/mol. The molecule has 0 bridgehead atoms. The molecular weight excluding hydrogens is 312 g/mol. The van der Waals surface area contributed by atoms with E-state index in [0.29, 0.717) is 18.8 Å². The maximum Gasteiger partial charge on any atom is 0.307 e. The molecule has 3 atom stereocenters. The van der Waals surface area contributed by atoms with Crippen molar-refractivity contribution in [3.8, 4) is 0 Å². The third-order valence-electron chi connectivity index (χ3n) is 5.20. The quantitative estimate of drug-likeness (QED) is 0.829. The molecule has 2 fully saturated rings. The van der Waals surface area contributed by atoms with Gasteiger partial charge in [-0.1, -0.05) is 13.8 Å². The Morgan fingerprint density at radius 2 is 2.08 bits per heavy atom. The molecule has 1 unspecified atom stereocenters. The lowest BCUT2D eigenvalue weighted by Gasteiger charge is -2.32. The Kier molecular flexibility index (Phi) is 3.85. The molecule has 1 saturated carbocycles. The van der Waals surface area contributed by atoms with Crippen LogP contribution in [0.5, 0.6) is 0 Å². The molecule has 2 amide bonds. The number of nitrogens with one attached hydrogen (secondary N) is 1. The summed E-state index contributed by atoms with van der Waals surface area (Å²) in [7, 11) is 1.76. The van der Waals surface area contributed by atoms with Crippen molar-refractivity contribution < 1.29 is 19.5 Å². The fourth-order valence-electron chi connectivity index (χ4n) is 3.72. The van der Waals surface area contributed by atoms with Crippen molar-refractivity contribution >= 4 is 23.6 Å². The Hall–Kier alpha value is -2.38. The van der Waals surface area contributed by atoms with Crippen molar-refractivity contribution in [3.05, 3.63) is 12.3 Å². The fourth-order valence-corrected chi connectivity index (χ4v) is 3.72. The van der Waals surface area contributed by atoms with Crippen LogP contribution in [0.4, 0.5) is 5.82 Å². The summed E-state index contributed by atoms with van der Waals surface area (Å²) in [5.41, 5.74) is -0.574. The minimum atomic E-state index is -0.966. The molecule has 24 heavy (non-hydrogen) atoms. The van der Waals surface area contributed by atoms with Gasteiger partial charge in [0.15, 0.2) is 0 Å². The zero-order valence-electron chi connectivity index (χ0n) is 14.0. The SMILES string of the molecule is Cn1nccc1N1CCCC(NC(=O)[C@@H]2[C@H](C(=O)O)C2(C)C)C1=O. The van der Waals surface area contributed by atoms with Crippen molar-refractivity contribution in [2.45, 2.75) is 32.7 Å². The second-order valence-corrected chi connectivity index (χ2v) is 7.12. The zero-order chi connectivity index (χ0) is 17.6. The van der Waals surface area contributed by atoms with Gasteiger partial charge in [-0.2, -0.15) is 5.10 Å². The maximum atomic E-state index is 12.7. The number of carbonyl (C=O) groups is 3. The highest BCUT2D eigenvalue weighted by Crippen LogP contribution is 2.58. The first-order chi connectivity index (χ1) is 11.2. The predicted molar refractivity (Wildman–Crippen MR) is 85.1 cm³/mol. The van der Waals surface area contributed by atoms with Crippen molar-refractivity contribution in [2.24, 2.45) is 24.3 Å². The zero-order valence-corrected chi connectivity index (χ0v) is 14.0. The van der Waals surface area contributed by atoms with E-state index in [1.165, 1.54) is 0 Å². The van der Waals surface area contributed by atoms with Crippen LogP contribution in [0.2, 0.25) is 0 Å². The van der Waals surface area contributed by atoms with Crippen molar-refractivity contribution in [3.63, 3.8) is 0 Å². The highest BCUT2D eigenvalue weighted by Gasteiger charge is 2.66. The highest BCUT2D eigenvalue weighted by molar-refractivity contribution is 6.00. The Labute approximate surface area is 139 Å². The largest absolute Gasteiger partial charge is 0.481 e. The smallest absolute Gasteiger partial charge is 0.307 e. The van der Waals surface area contributed by atoms with Crippen molar-refractivity contribution in [2.75, 3.05) is 11.4 Å². The molecule has 1 aromatic heterocycles. The van der Waals surface area contributed by atoms with Gasteiger partial charge < -0.3 is 10.4 Å². The number of hydrogen-bond acceptors (Lipinski definition) is 4. The van der Waals surface area contributed by atoms with Crippen molar-refractivity contribution in [1.29, 1.82) is 0 Å². The standard InChI is InChI=1S/C16H22N4O4/c1-16(2)11(12(16)15(23)24)13(21)18-9-5-4-8-20(14(9)22)10-6-7-17-19(10)3/h6-7,9,11-12H,4-5,8H2,1-3H3,(H,18,21)(H,23,24)/t9?,11-,12+/m0/s1. The molecule has 8 nitrogen and oxygen atoms in total. The first-order valence-corrected chi connectivity index (χ1v) is 8.07. The topological polar surface area (TPSA) is 105 Å². The minimum absolute atomic E-state index is 0.177. The van der Waals surface area contributed by atoms with Gasteiger partial charge in [0.05, 0.1) is 18.0 Å². The van der Waals surface area contributed by atoms with Crippen LogP contribution in [0.25, 0.3) is 0 Å². The maximum absolute atomic E-state index is 12.7. The van der Waals surface area contributed by atoms with Gasteiger partial charge in [-0.15, -0.1) is 0 Å². The molecule has 3 rings (SSSR count). The molecule has 1 aliphatic heterocycles. The minimum Gasteiger partial charge on any atom is -0.481 e. The second kappa shape index (κ2) is 5.61. The second-order valence-electron chi connectivity index (χ2n) is 7.12. The Balaban J connectivity index is 1.70. The number of aromatic nitrogens is 2. The number of piperidine rings is 1. The first-order valence-electron chi connectivity index (χ1n) is 8.07. The van der Waals surface area contributed by atoms with E-state index in [-0.39, 0.29) is 11.8 Å². The number of anilines is 1. The van der Waals surface area contributed by atoms with E-state index >= 15 is 0 Å². The lowest BCUT2D eigenvalue weighted by Crippen LogP contribution is -2.53. The number of rotatable bonds is 4. The molecule has 130 valence electrons. The van der Waals surface area contributed by atoms with Crippen LogP contribution in [0.15, 0.2) is 12.3 Å². The summed E-state index contributed by atoms with van der Waals surface area (Å²) in [6, 6.07) is 1.14. The summed E-state index contributed by atoms with van der Waals surface area (Å²) < 4.78 is 1.62. The normalized spacial score (nSPS) is 28.5. The number of amides is 2. The molecule has 1 aromatic rings. The van der Waals surface area contributed by atoms with Crippen molar-refractivity contribution in [1.82, 2.24) is 15.1 Å². The van der Waals surface area contributed by atoms with Gasteiger partial charge >= 0.3 is 5.97 Å². The van der Waals surface area contributed by atoms with Crippen LogP contribution in [0.1, 0.15) is 26.7 Å². The van der Waals surface area contributed by atoms with Gasteiger partial charge in [-0.25, -0.2) is 0 Å². The number of hydrogen-bond donors (Lipinski definition) is 2. The summed E-state index contributed by atoms with van der Waals surface area (Å²) in [5, 5.41) is 16.0. The van der Waals surface area contributed by atoms with Gasteiger partial charge in [0, 0.05) is 19.7 Å². The fraction of sp³-hybridized carbons (Fsp3) is 0.625. The lowest BCUT2D eigenvalue weighted by molar-refractivity contribution is -0.140. The van der Waals surface area contributed by atoms with Crippen LogP contribution < -0.4 is 10.2 Å². The monoisotopic (exact) mass is 334 g/mol. The molecule has 2 heterocycles. The summed E-state index contributed by atoms with van der Waals surface area (Å²) >= 11 is 0. The number of nitrogens with zero attached hydrogens (tertiary/aromatic N) is 3. The molecular formula is C16H22N4O4. The molecule has 8 heteroatoms. The molecule has 1 saturated heterocycles. The average Bonchev–Trinajstić information content (AvgIpc) is 2.84. The van der Waals surface area contributed by atoms with E-state index in [4.69, 9.17) is 0 Å². The summed E-state index contributed by atoms with van der Waals surface area (Å²) in [6.45, 7) is 4.11. The lowest BCUT2D eigenvalue weighted by atomic mass is 10.0. The van der Waals surface area contributed by atoms with E-state index in [1.807, 2.05) is 0 Å². The molecule has 0 radical (unpaired) electrons. The number of aryl methyl sites for hydroxylation is 1. The summed E-state index contributed by atoms with van der Waals surface area (Å²) in [6.07, 6.45) is 2.94. The summed E-state index contributed by atoms with van der Waals surface area (Å²) in [4.78, 5) is 38.0. The van der Waals surface area contributed by atoms with E-state index in [9.17, 15) is 19.5 Å². The van der Waals surface area contributed by atoms with Gasteiger partial charge in [-0.3, -0.25) is 24.0 Å². The van der Waals surface area contributed by atoms with E-state index in [0.717, 1.165) is 6.42 Å². The Bertz CT molecular complexity index is 696.